The van der Waals surface area contributed by atoms with E-state index in [4.69, 9.17) is 10.2 Å². The van der Waals surface area contributed by atoms with Gasteiger partial charge in [-0.15, -0.1) is 11.3 Å². The van der Waals surface area contributed by atoms with Crippen LogP contribution in [0, 0.1) is 0 Å². The molecule has 23 heavy (non-hydrogen) atoms. The number of benzene rings is 1. The molecule has 2 aromatic heterocycles. The minimum Gasteiger partial charge on any atom is -0.462 e. The number of amides is 2. The van der Waals surface area contributed by atoms with Crippen LogP contribution in [-0.2, 0) is 11.2 Å². The molecule has 0 atom stereocenters. The van der Waals surface area contributed by atoms with E-state index in [-0.39, 0.29) is 12.3 Å². The van der Waals surface area contributed by atoms with E-state index in [0.717, 1.165) is 5.01 Å². The number of furan rings is 1. The molecule has 3 rings (SSSR count). The summed E-state index contributed by atoms with van der Waals surface area (Å²) in [6.07, 6.45) is 1.74. The molecule has 3 N–H and O–H groups in total. The van der Waals surface area contributed by atoms with Gasteiger partial charge in [-0.05, 0) is 36.4 Å². The first-order valence-electron chi connectivity index (χ1n) is 6.80. The number of primary amides is 1. The maximum Gasteiger partial charge on any atom is 0.248 e. The van der Waals surface area contributed by atoms with Crippen molar-refractivity contribution in [2.45, 2.75) is 6.42 Å². The lowest BCUT2D eigenvalue weighted by atomic mass is 10.2. The lowest BCUT2D eigenvalue weighted by Crippen LogP contribution is -2.15. The van der Waals surface area contributed by atoms with Crippen LogP contribution in [0.3, 0.4) is 0 Å². The maximum absolute atomic E-state index is 12.0. The summed E-state index contributed by atoms with van der Waals surface area (Å²) in [5.41, 5.74) is 6.84. The van der Waals surface area contributed by atoms with E-state index < -0.39 is 5.91 Å². The number of rotatable bonds is 5. The average Bonchev–Trinajstić information content (AvgIpc) is 3.18. The molecular formula is C16H13N3O3S. The minimum atomic E-state index is -0.504. The van der Waals surface area contributed by atoms with E-state index >= 15 is 0 Å². The molecule has 0 saturated carbocycles. The molecular weight excluding hydrogens is 314 g/mol. The monoisotopic (exact) mass is 327 g/mol. The topological polar surface area (TPSA) is 98.2 Å². The predicted octanol–water partition coefficient (Wildman–Crippen LogP) is 2.68. The van der Waals surface area contributed by atoms with Crippen molar-refractivity contribution in [2.24, 2.45) is 5.73 Å². The van der Waals surface area contributed by atoms with Crippen LogP contribution in [0.15, 0.2) is 52.5 Å². The van der Waals surface area contributed by atoms with E-state index in [1.165, 1.54) is 11.3 Å². The highest BCUT2D eigenvalue weighted by atomic mass is 32.1. The van der Waals surface area contributed by atoms with Gasteiger partial charge < -0.3 is 15.5 Å². The van der Waals surface area contributed by atoms with Gasteiger partial charge in [0.15, 0.2) is 10.8 Å². The third kappa shape index (κ3) is 3.64. The standard InChI is InChI=1S/C16H13N3O3S/c17-15(21)10-3-5-11(6-4-10)18-14(20)8-12-9-23-16(19-12)13-2-1-7-22-13/h1-7,9H,8H2,(H2,17,21)(H,18,20). The zero-order valence-electron chi connectivity index (χ0n) is 12.0. The van der Waals surface area contributed by atoms with Crippen molar-refractivity contribution in [2.75, 3.05) is 5.32 Å². The van der Waals surface area contributed by atoms with Crippen molar-refractivity contribution in [3.8, 4) is 10.8 Å². The number of aromatic nitrogens is 1. The molecule has 2 amide bonds. The van der Waals surface area contributed by atoms with Gasteiger partial charge in [0.05, 0.1) is 18.4 Å². The summed E-state index contributed by atoms with van der Waals surface area (Å²) in [5.74, 6) is -0.00683. The zero-order chi connectivity index (χ0) is 16.2. The molecule has 0 aliphatic carbocycles. The molecule has 7 heteroatoms. The summed E-state index contributed by atoms with van der Waals surface area (Å²) < 4.78 is 5.27. The van der Waals surface area contributed by atoms with Gasteiger partial charge in [0.2, 0.25) is 11.8 Å². The molecule has 2 heterocycles. The summed E-state index contributed by atoms with van der Waals surface area (Å²) in [6, 6.07) is 10.0. The summed E-state index contributed by atoms with van der Waals surface area (Å²) in [6.45, 7) is 0. The Labute approximate surface area is 136 Å². The molecule has 0 radical (unpaired) electrons. The molecule has 0 saturated heterocycles. The summed E-state index contributed by atoms with van der Waals surface area (Å²) in [4.78, 5) is 27.4. The fourth-order valence-corrected chi connectivity index (χ4v) is 2.78. The van der Waals surface area contributed by atoms with E-state index in [9.17, 15) is 9.59 Å². The van der Waals surface area contributed by atoms with Gasteiger partial charge in [0.25, 0.3) is 0 Å². The second-order valence-electron chi connectivity index (χ2n) is 4.79. The van der Waals surface area contributed by atoms with Gasteiger partial charge in [-0.2, -0.15) is 0 Å². The SMILES string of the molecule is NC(=O)c1ccc(NC(=O)Cc2csc(-c3ccco3)n2)cc1. The quantitative estimate of drug-likeness (QED) is 0.752. The van der Waals surface area contributed by atoms with Crippen LogP contribution in [0.1, 0.15) is 16.1 Å². The van der Waals surface area contributed by atoms with E-state index in [0.29, 0.717) is 22.7 Å². The lowest BCUT2D eigenvalue weighted by Gasteiger charge is -2.04. The number of nitrogens with one attached hydrogen (secondary N) is 1. The minimum absolute atomic E-state index is 0.161. The Balaban J connectivity index is 1.62. The number of carbonyl (C=O) groups excluding carboxylic acids is 2. The van der Waals surface area contributed by atoms with Crippen LogP contribution < -0.4 is 11.1 Å². The molecule has 0 bridgehead atoms. The predicted molar refractivity (Wildman–Crippen MR) is 87.1 cm³/mol. The molecule has 116 valence electrons. The van der Waals surface area contributed by atoms with Gasteiger partial charge in [0, 0.05) is 16.6 Å². The number of carbonyl (C=O) groups is 2. The van der Waals surface area contributed by atoms with E-state index in [2.05, 4.69) is 10.3 Å². The van der Waals surface area contributed by atoms with Gasteiger partial charge in [-0.1, -0.05) is 0 Å². The normalized spacial score (nSPS) is 10.4. The summed E-state index contributed by atoms with van der Waals surface area (Å²) in [5, 5.41) is 5.32. The number of hydrogen-bond acceptors (Lipinski definition) is 5. The molecule has 0 aliphatic rings. The largest absolute Gasteiger partial charge is 0.462 e. The van der Waals surface area contributed by atoms with Crippen molar-refractivity contribution in [1.82, 2.24) is 4.98 Å². The number of nitrogens with two attached hydrogens (primary N) is 1. The van der Waals surface area contributed by atoms with Crippen LogP contribution >= 0.6 is 11.3 Å². The van der Waals surface area contributed by atoms with E-state index in [1.54, 1.807) is 36.6 Å². The van der Waals surface area contributed by atoms with Gasteiger partial charge in [0.1, 0.15) is 0 Å². The molecule has 3 aromatic rings. The molecule has 0 fully saturated rings. The van der Waals surface area contributed by atoms with Crippen LogP contribution in [-0.4, -0.2) is 16.8 Å². The van der Waals surface area contributed by atoms with Gasteiger partial charge in [-0.25, -0.2) is 4.98 Å². The second kappa shape index (κ2) is 6.45. The van der Waals surface area contributed by atoms with Gasteiger partial charge in [-0.3, -0.25) is 9.59 Å². The molecule has 1 aromatic carbocycles. The fraction of sp³-hybridized carbons (Fsp3) is 0.0625. The smallest absolute Gasteiger partial charge is 0.248 e. The first kappa shape index (κ1) is 15.0. The van der Waals surface area contributed by atoms with Crippen molar-refractivity contribution in [3.63, 3.8) is 0 Å². The number of nitrogens with zero attached hydrogens (tertiary/aromatic N) is 1. The van der Waals surface area contributed by atoms with Crippen LogP contribution in [0.4, 0.5) is 5.69 Å². The third-order valence-corrected chi connectivity index (χ3v) is 3.98. The number of anilines is 1. The molecule has 0 unspecified atom stereocenters. The van der Waals surface area contributed by atoms with Gasteiger partial charge >= 0.3 is 0 Å². The third-order valence-electron chi connectivity index (χ3n) is 3.08. The number of thiazole rings is 1. The first-order valence-corrected chi connectivity index (χ1v) is 7.68. The van der Waals surface area contributed by atoms with Crippen LogP contribution in [0.25, 0.3) is 10.8 Å². The van der Waals surface area contributed by atoms with Crippen molar-refractivity contribution >= 4 is 28.8 Å². The fourth-order valence-electron chi connectivity index (χ4n) is 1.99. The molecule has 0 aliphatic heterocycles. The van der Waals surface area contributed by atoms with Crippen molar-refractivity contribution in [3.05, 3.63) is 59.3 Å². The summed E-state index contributed by atoms with van der Waals surface area (Å²) in [7, 11) is 0. The first-order chi connectivity index (χ1) is 11.1. The second-order valence-corrected chi connectivity index (χ2v) is 5.65. The number of hydrogen-bond donors (Lipinski definition) is 2. The maximum atomic E-state index is 12.0. The Kier molecular flexibility index (Phi) is 4.20. The average molecular weight is 327 g/mol. The zero-order valence-corrected chi connectivity index (χ0v) is 12.8. The molecule has 0 spiro atoms. The summed E-state index contributed by atoms with van der Waals surface area (Å²) >= 11 is 1.42. The Morgan fingerprint density at radius 1 is 1.22 bits per heavy atom. The Morgan fingerprint density at radius 3 is 2.65 bits per heavy atom. The Bertz CT molecular complexity index is 823. The lowest BCUT2D eigenvalue weighted by molar-refractivity contribution is -0.115. The van der Waals surface area contributed by atoms with Crippen LogP contribution in [0.5, 0.6) is 0 Å². The van der Waals surface area contributed by atoms with E-state index in [1.807, 2.05) is 11.4 Å². The van der Waals surface area contributed by atoms with Crippen molar-refractivity contribution in [1.29, 1.82) is 0 Å². The molecule has 6 nitrogen and oxygen atoms in total. The highest BCUT2D eigenvalue weighted by Gasteiger charge is 2.11. The Morgan fingerprint density at radius 2 is 2.00 bits per heavy atom. The Hall–Kier alpha value is -2.93. The van der Waals surface area contributed by atoms with Crippen molar-refractivity contribution < 1.29 is 14.0 Å². The highest BCUT2D eigenvalue weighted by molar-refractivity contribution is 7.13. The van der Waals surface area contributed by atoms with Crippen LogP contribution in [0.2, 0.25) is 0 Å². The highest BCUT2D eigenvalue weighted by Crippen LogP contribution is 2.24.